The van der Waals surface area contributed by atoms with Crippen molar-refractivity contribution in [2.45, 2.75) is 65.0 Å². The van der Waals surface area contributed by atoms with Gasteiger partial charge in [-0.3, -0.25) is 9.36 Å². The van der Waals surface area contributed by atoms with Gasteiger partial charge in [0.15, 0.2) is 5.82 Å². The molecule has 1 amide bonds. The fourth-order valence-electron chi connectivity index (χ4n) is 3.33. The average Bonchev–Trinajstić information content (AvgIpc) is 3.20. The van der Waals surface area contributed by atoms with Gasteiger partial charge in [-0.2, -0.15) is 0 Å². The Bertz CT molecular complexity index is 768. The second kappa shape index (κ2) is 8.66. The molecule has 142 valence electrons. The van der Waals surface area contributed by atoms with Gasteiger partial charge in [0.05, 0.1) is 11.4 Å². The highest BCUT2D eigenvalue weighted by Gasteiger charge is 2.30. The summed E-state index contributed by atoms with van der Waals surface area (Å²) in [5, 5.41) is 9.54. The fourth-order valence-corrected chi connectivity index (χ4v) is 4.04. The zero-order valence-corrected chi connectivity index (χ0v) is 16.4. The minimum atomic E-state index is -0.0659. The number of nitrogens with one attached hydrogen (secondary N) is 1. The summed E-state index contributed by atoms with van der Waals surface area (Å²) in [4.78, 5) is 26.1. The monoisotopic (exact) mass is 376 g/mol. The van der Waals surface area contributed by atoms with E-state index in [1.807, 2.05) is 22.1 Å². The molecule has 6 nitrogen and oxygen atoms in total. The molecule has 0 aromatic carbocycles. The molecule has 2 aromatic rings. The Hall–Kier alpha value is -1.89. The van der Waals surface area contributed by atoms with E-state index in [4.69, 9.17) is 0 Å². The number of nitrogens with zero attached hydrogens (tertiary/aromatic N) is 3. The lowest BCUT2D eigenvalue weighted by Gasteiger charge is -2.14. The third-order valence-corrected chi connectivity index (χ3v) is 5.66. The van der Waals surface area contributed by atoms with Crippen LogP contribution in [-0.2, 0) is 11.3 Å². The normalized spacial score (nSPS) is 14.1. The highest BCUT2D eigenvalue weighted by Crippen LogP contribution is 2.37. The molecular weight excluding hydrogens is 348 g/mol. The van der Waals surface area contributed by atoms with Crippen molar-refractivity contribution in [3.05, 3.63) is 28.0 Å². The Balaban J connectivity index is 1.66. The largest absolute Gasteiger partial charge is 0.354 e. The lowest BCUT2D eigenvalue weighted by Crippen LogP contribution is -2.35. The minimum Gasteiger partial charge on any atom is -0.354 e. The summed E-state index contributed by atoms with van der Waals surface area (Å²) in [5.74, 6) is 0.933. The molecule has 0 aliphatic heterocycles. The highest BCUT2D eigenvalue weighted by atomic mass is 32.1. The van der Waals surface area contributed by atoms with Crippen LogP contribution in [0.2, 0.25) is 0 Å². The fraction of sp³-hybridized carbons (Fsp3) is 0.632. The van der Waals surface area contributed by atoms with Gasteiger partial charge in [-0.05, 0) is 37.1 Å². The van der Waals surface area contributed by atoms with E-state index in [0.717, 1.165) is 49.2 Å². The highest BCUT2D eigenvalue weighted by molar-refractivity contribution is 7.13. The van der Waals surface area contributed by atoms with Crippen LogP contribution >= 0.6 is 11.3 Å². The van der Waals surface area contributed by atoms with Gasteiger partial charge in [0.25, 0.3) is 0 Å². The van der Waals surface area contributed by atoms with Crippen LogP contribution in [0.15, 0.2) is 22.3 Å². The van der Waals surface area contributed by atoms with Crippen LogP contribution in [-0.4, -0.2) is 26.8 Å². The van der Waals surface area contributed by atoms with Crippen molar-refractivity contribution in [3.63, 3.8) is 0 Å². The van der Waals surface area contributed by atoms with Crippen LogP contribution in [0.4, 0.5) is 0 Å². The van der Waals surface area contributed by atoms with E-state index in [0.29, 0.717) is 13.1 Å². The van der Waals surface area contributed by atoms with Crippen molar-refractivity contribution in [2.24, 2.45) is 5.92 Å². The van der Waals surface area contributed by atoms with Gasteiger partial charge in [-0.15, -0.1) is 16.4 Å². The molecule has 0 atom stereocenters. The molecule has 0 spiro atoms. The Kier molecular flexibility index (Phi) is 6.29. The number of thiophene rings is 1. The van der Waals surface area contributed by atoms with Gasteiger partial charge in [-0.25, -0.2) is 9.48 Å². The first kappa shape index (κ1) is 18.9. The molecule has 1 fully saturated rings. The molecule has 2 aromatic heterocycles. The topological polar surface area (TPSA) is 68.9 Å². The third kappa shape index (κ3) is 4.26. The van der Waals surface area contributed by atoms with Crippen LogP contribution in [0, 0.1) is 5.92 Å². The molecule has 0 unspecified atom stereocenters. The zero-order chi connectivity index (χ0) is 18.5. The van der Waals surface area contributed by atoms with Crippen LogP contribution in [0.5, 0.6) is 0 Å². The summed E-state index contributed by atoms with van der Waals surface area (Å²) in [7, 11) is 0. The molecule has 2 heterocycles. The number of hydrogen-bond acceptors (Lipinski definition) is 4. The van der Waals surface area contributed by atoms with Crippen molar-refractivity contribution >= 4 is 17.2 Å². The van der Waals surface area contributed by atoms with Gasteiger partial charge >= 0.3 is 5.69 Å². The Morgan fingerprint density at radius 3 is 2.65 bits per heavy atom. The number of rotatable bonds is 10. The van der Waals surface area contributed by atoms with E-state index in [1.54, 1.807) is 11.3 Å². The van der Waals surface area contributed by atoms with Crippen LogP contribution < -0.4 is 11.0 Å². The molecule has 0 bridgehead atoms. The molecule has 26 heavy (non-hydrogen) atoms. The van der Waals surface area contributed by atoms with Crippen molar-refractivity contribution in [3.8, 4) is 10.7 Å². The molecular formula is C19H28N4O2S. The molecule has 0 saturated heterocycles. The minimum absolute atomic E-state index is 0.0659. The maximum Gasteiger partial charge on any atom is 0.346 e. The van der Waals surface area contributed by atoms with Gasteiger partial charge < -0.3 is 5.32 Å². The van der Waals surface area contributed by atoms with Crippen LogP contribution in [0.25, 0.3) is 10.7 Å². The summed E-state index contributed by atoms with van der Waals surface area (Å²) >= 11 is 1.60. The molecule has 3 rings (SSSR count). The smallest absolute Gasteiger partial charge is 0.346 e. The van der Waals surface area contributed by atoms with Gasteiger partial charge in [0, 0.05) is 18.5 Å². The predicted molar refractivity (Wildman–Crippen MR) is 104 cm³/mol. The number of hydrogen-bond donors (Lipinski definition) is 1. The molecule has 1 saturated carbocycles. The lowest BCUT2D eigenvalue weighted by atomic mass is 9.97. The van der Waals surface area contributed by atoms with E-state index in [1.165, 1.54) is 4.68 Å². The predicted octanol–water partition coefficient (Wildman–Crippen LogP) is 3.44. The second-order valence-corrected chi connectivity index (χ2v) is 7.92. The third-order valence-electron chi connectivity index (χ3n) is 4.79. The Morgan fingerprint density at radius 1 is 1.35 bits per heavy atom. The zero-order valence-electron chi connectivity index (χ0n) is 15.6. The molecule has 0 radical (unpaired) electrons. The first-order valence-corrected chi connectivity index (χ1v) is 10.5. The lowest BCUT2D eigenvalue weighted by molar-refractivity contribution is -0.125. The Labute approximate surface area is 158 Å². The molecule has 1 aliphatic carbocycles. The standard InChI is InChI=1S/C19H28N4O2S/c1-3-6-14(7-4-2)18(24)20-11-12-22-19(25)23(15-9-10-15)17(21-22)16-8-5-13-26-16/h5,8,13-15H,3-4,6-7,9-12H2,1-2H3,(H,20,24). The maximum atomic E-state index is 12.7. The quantitative estimate of drug-likeness (QED) is 0.690. The maximum absolute atomic E-state index is 12.7. The number of amides is 1. The number of carbonyl (C=O) groups excluding carboxylic acids is 1. The van der Waals surface area contributed by atoms with Crippen molar-refractivity contribution in [1.82, 2.24) is 19.7 Å². The van der Waals surface area contributed by atoms with E-state index in [-0.39, 0.29) is 23.6 Å². The van der Waals surface area contributed by atoms with Crippen molar-refractivity contribution in [2.75, 3.05) is 6.54 Å². The summed E-state index contributed by atoms with van der Waals surface area (Å²) in [6.45, 7) is 5.06. The van der Waals surface area contributed by atoms with E-state index < -0.39 is 0 Å². The summed E-state index contributed by atoms with van der Waals surface area (Å²) < 4.78 is 3.33. The van der Waals surface area contributed by atoms with E-state index >= 15 is 0 Å². The summed E-state index contributed by atoms with van der Waals surface area (Å²) in [6, 6.07) is 4.25. The SMILES string of the molecule is CCCC(CCC)C(=O)NCCn1nc(-c2cccs2)n(C2CC2)c1=O. The van der Waals surface area contributed by atoms with Crippen LogP contribution in [0.3, 0.4) is 0 Å². The average molecular weight is 377 g/mol. The Morgan fingerprint density at radius 2 is 2.08 bits per heavy atom. The van der Waals surface area contributed by atoms with Gasteiger partial charge in [0.2, 0.25) is 5.91 Å². The van der Waals surface area contributed by atoms with E-state index in [2.05, 4.69) is 24.3 Å². The molecule has 1 aliphatic rings. The van der Waals surface area contributed by atoms with Crippen molar-refractivity contribution < 1.29 is 4.79 Å². The van der Waals surface area contributed by atoms with Gasteiger partial charge in [0.1, 0.15) is 0 Å². The van der Waals surface area contributed by atoms with Crippen molar-refractivity contribution in [1.29, 1.82) is 0 Å². The second-order valence-electron chi connectivity index (χ2n) is 6.97. The summed E-state index contributed by atoms with van der Waals surface area (Å²) in [5.41, 5.74) is -0.0659. The number of carbonyl (C=O) groups is 1. The molecule has 1 N–H and O–H groups in total. The molecule has 7 heteroatoms. The number of aromatic nitrogens is 3. The summed E-state index contributed by atoms with van der Waals surface area (Å²) in [6.07, 6.45) is 5.92. The van der Waals surface area contributed by atoms with Crippen LogP contribution in [0.1, 0.15) is 58.4 Å². The first-order chi connectivity index (χ1) is 12.7. The van der Waals surface area contributed by atoms with Gasteiger partial charge in [-0.1, -0.05) is 32.8 Å². The first-order valence-electron chi connectivity index (χ1n) is 9.66. The van der Waals surface area contributed by atoms with E-state index in [9.17, 15) is 9.59 Å².